The van der Waals surface area contributed by atoms with Gasteiger partial charge in [0.1, 0.15) is 11.8 Å². The molecule has 0 unspecified atom stereocenters. The van der Waals surface area contributed by atoms with Crippen molar-refractivity contribution in [1.29, 1.82) is 0 Å². The van der Waals surface area contributed by atoms with E-state index in [-0.39, 0.29) is 11.8 Å². The Bertz CT molecular complexity index is 883. The van der Waals surface area contributed by atoms with Crippen molar-refractivity contribution in [3.63, 3.8) is 0 Å². The fourth-order valence-corrected chi connectivity index (χ4v) is 4.12. The average Bonchev–Trinajstić information content (AvgIpc) is 2.88. The standard InChI is InChI=1S/C27H37N3O4/c1-3-7-26(31)30(21-23-10-12-24(33-2)13-11-23)25(20-22-8-5-4-6-9-22)27(32)28-14-15-29-16-18-34-19-17-29/h4-6,8-13,25H,3,7,14-21H2,1-2H3,(H,28,32)/t25-/m1/s1. The second-order valence-corrected chi connectivity index (χ2v) is 8.57. The number of ether oxygens (including phenoxy) is 2. The lowest BCUT2D eigenvalue weighted by Gasteiger charge is -2.32. The first-order valence-electron chi connectivity index (χ1n) is 12.1. The summed E-state index contributed by atoms with van der Waals surface area (Å²) in [6.07, 6.45) is 1.60. The lowest BCUT2D eigenvalue weighted by molar-refractivity contribution is -0.141. The highest BCUT2D eigenvalue weighted by Crippen LogP contribution is 2.18. The second kappa shape index (κ2) is 13.7. The van der Waals surface area contributed by atoms with Crippen LogP contribution in [0.2, 0.25) is 0 Å². The van der Waals surface area contributed by atoms with Crippen LogP contribution < -0.4 is 10.1 Å². The van der Waals surface area contributed by atoms with Crippen molar-refractivity contribution in [2.24, 2.45) is 0 Å². The normalized spacial score (nSPS) is 14.9. The molecule has 2 aromatic rings. The molecule has 0 saturated carbocycles. The van der Waals surface area contributed by atoms with Gasteiger partial charge in [0.15, 0.2) is 0 Å². The molecule has 0 aliphatic carbocycles. The quantitative estimate of drug-likeness (QED) is 0.520. The van der Waals surface area contributed by atoms with Crippen LogP contribution in [-0.4, -0.2) is 74.2 Å². The van der Waals surface area contributed by atoms with E-state index in [0.717, 1.165) is 56.1 Å². The predicted molar refractivity (Wildman–Crippen MR) is 133 cm³/mol. The summed E-state index contributed by atoms with van der Waals surface area (Å²) in [4.78, 5) is 30.7. The van der Waals surface area contributed by atoms with Crippen LogP contribution in [0.5, 0.6) is 5.75 Å². The zero-order chi connectivity index (χ0) is 24.2. The number of amides is 2. The van der Waals surface area contributed by atoms with Crippen LogP contribution in [-0.2, 0) is 27.3 Å². The van der Waals surface area contributed by atoms with Gasteiger partial charge >= 0.3 is 0 Å². The van der Waals surface area contributed by atoms with Crippen LogP contribution in [0.1, 0.15) is 30.9 Å². The fourth-order valence-electron chi connectivity index (χ4n) is 4.12. The maximum atomic E-state index is 13.5. The third-order valence-corrected chi connectivity index (χ3v) is 6.08. The molecule has 2 aromatic carbocycles. The molecule has 2 amide bonds. The Balaban J connectivity index is 1.77. The summed E-state index contributed by atoms with van der Waals surface area (Å²) in [5.74, 6) is 0.634. The van der Waals surface area contributed by atoms with E-state index in [2.05, 4.69) is 10.2 Å². The summed E-state index contributed by atoms with van der Waals surface area (Å²) in [6, 6.07) is 17.0. The smallest absolute Gasteiger partial charge is 0.243 e. The number of carbonyl (C=O) groups is 2. The molecule has 1 saturated heterocycles. The largest absolute Gasteiger partial charge is 0.497 e. The molecule has 1 N–H and O–H groups in total. The molecule has 184 valence electrons. The number of carbonyl (C=O) groups excluding carboxylic acids is 2. The third-order valence-electron chi connectivity index (χ3n) is 6.08. The van der Waals surface area contributed by atoms with E-state index in [4.69, 9.17) is 9.47 Å². The van der Waals surface area contributed by atoms with Gasteiger partial charge in [-0.25, -0.2) is 0 Å². The lowest BCUT2D eigenvalue weighted by Crippen LogP contribution is -2.51. The van der Waals surface area contributed by atoms with Crippen LogP contribution in [0, 0.1) is 0 Å². The fraction of sp³-hybridized carbons (Fsp3) is 0.481. The minimum Gasteiger partial charge on any atom is -0.497 e. The number of methoxy groups -OCH3 is 1. The zero-order valence-corrected chi connectivity index (χ0v) is 20.4. The van der Waals surface area contributed by atoms with Gasteiger partial charge in [0.05, 0.1) is 20.3 Å². The number of nitrogens with one attached hydrogen (secondary N) is 1. The van der Waals surface area contributed by atoms with E-state index in [0.29, 0.717) is 25.9 Å². The number of hydrogen-bond acceptors (Lipinski definition) is 5. The SMILES string of the molecule is CCCC(=O)N(Cc1ccc(OC)cc1)[C@H](Cc1ccccc1)C(=O)NCCN1CCOCC1. The topological polar surface area (TPSA) is 71.1 Å². The van der Waals surface area contributed by atoms with Gasteiger partial charge in [-0.2, -0.15) is 0 Å². The minimum atomic E-state index is -0.590. The number of rotatable bonds is 12. The van der Waals surface area contributed by atoms with Crippen molar-refractivity contribution in [3.05, 3.63) is 65.7 Å². The number of hydrogen-bond donors (Lipinski definition) is 1. The molecule has 0 aromatic heterocycles. The highest BCUT2D eigenvalue weighted by Gasteiger charge is 2.30. The van der Waals surface area contributed by atoms with Crippen molar-refractivity contribution in [2.45, 2.75) is 38.8 Å². The van der Waals surface area contributed by atoms with Crippen LogP contribution in [0.3, 0.4) is 0 Å². The first-order valence-corrected chi connectivity index (χ1v) is 12.1. The molecule has 7 heteroatoms. The Morgan fingerprint density at radius 1 is 1.06 bits per heavy atom. The Labute approximate surface area is 203 Å². The first kappa shape index (κ1) is 25.7. The molecule has 1 heterocycles. The summed E-state index contributed by atoms with van der Waals surface area (Å²) in [5.41, 5.74) is 1.99. The van der Waals surface area contributed by atoms with Crippen molar-refractivity contribution in [1.82, 2.24) is 15.1 Å². The summed E-state index contributed by atoms with van der Waals surface area (Å²) in [5, 5.41) is 3.10. The van der Waals surface area contributed by atoms with Gasteiger partial charge in [0.25, 0.3) is 0 Å². The molecule has 0 spiro atoms. The first-order chi connectivity index (χ1) is 16.6. The lowest BCUT2D eigenvalue weighted by atomic mass is 10.0. The number of benzene rings is 2. The van der Waals surface area contributed by atoms with Gasteiger partial charge < -0.3 is 19.7 Å². The molecule has 1 atom stereocenters. The molecular weight excluding hydrogens is 430 g/mol. The van der Waals surface area contributed by atoms with Gasteiger partial charge in [-0.05, 0) is 29.7 Å². The zero-order valence-electron chi connectivity index (χ0n) is 20.4. The van der Waals surface area contributed by atoms with Crippen LogP contribution in [0.15, 0.2) is 54.6 Å². The number of nitrogens with zero attached hydrogens (tertiary/aromatic N) is 2. The van der Waals surface area contributed by atoms with E-state index >= 15 is 0 Å². The summed E-state index contributed by atoms with van der Waals surface area (Å²) in [7, 11) is 1.63. The van der Waals surface area contributed by atoms with Gasteiger partial charge in [-0.3, -0.25) is 14.5 Å². The highest BCUT2D eigenvalue weighted by atomic mass is 16.5. The van der Waals surface area contributed by atoms with E-state index in [1.54, 1.807) is 12.0 Å². The van der Waals surface area contributed by atoms with E-state index in [1.807, 2.05) is 61.5 Å². The predicted octanol–water partition coefficient (Wildman–Crippen LogP) is 2.88. The van der Waals surface area contributed by atoms with Gasteiger partial charge in [-0.1, -0.05) is 49.4 Å². The Kier molecular flexibility index (Phi) is 10.4. The van der Waals surface area contributed by atoms with E-state index in [9.17, 15) is 9.59 Å². The van der Waals surface area contributed by atoms with E-state index < -0.39 is 6.04 Å². The molecule has 7 nitrogen and oxygen atoms in total. The summed E-state index contributed by atoms with van der Waals surface area (Å²) < 4.78 is 10.7. The minimum absolute atomic E-state index is 0.0115. The van der Waals surface area contributed by atoms with Crippen molar-refractivity contribution in [3.8, 4) is 5.75 Å². The van der Waals surface area contributed by atoms with Gasteiger partial charge in [-0.15, -0.1) is 0 Å². The highest BCUT2D eigenvalue weighted by molar-refractivity contribution is 5.88. The molecule has 34 heavy (non-hydrogen) atoms. The summed E-state index contributed by atoms with van der Waals surface area (Å²) >= 11 is 0. The van der Waals surface area contributed by atoms with Crippen molar-refractivity contribution >= 4 is 11.8 Å². The van der Waals surface area contributed by atoms with Crippen molar-refractivity contribution < 1.29 is 19.1 Å². The molecule has 0 radical (unpaired) electrons. The molecular formula is C27H37N3O4. The van der Waals surface area contributed by atoms with Gasteiger partial charge in [0.2, 0.25) is 11.8 Å². The summed E-state index contributed by atoms with van der Waals surface area (Å²) in [6.45, 7) is 6.88. The average molecular weight is 468 g/mol. The molecule has 3 rings (SSSR count). The van der Waals surface area contributed by atoms with Crippen LogP contribution in [0.4, 0.5) is 0 Å². The Hall–Kier alpha value is -2.90. The molecule has 1 fully saturated rings. The second-order valence-electron chi connectivity index (χ2n) is 8.57. The Morgan fingerprint density at radius 3 is 2.41 bits per heavy atom. The molecule has 1 aliphatic rings. The van der Waals surface area contributed by atoms with Gasteiger partial charge in [0, 0.05) is 45.6 Å². The van der Waals surface area contributed by atoms with Crippen LogP contribution >= 0.6 is 0 Å². The maximum absolute atomic E-state index is 13.5. The molecule has 0 bridgehead atoms. The van der Waals surface area contributed by atoms with Crippen LogP contribution in [0.25, 0.3) is 0 Å². The maximum Gasteiger partial charge on any atom is 0.243 e. The van der Waals surface area contributed by atoms with Crippen molar-refractivity contribution in [2.75, 3.05) is 46.5 Å². The monoisotopic (exact) mass is 467 g/mol. The molecule has 1 aliphatic heterocycles. The Morgan fingerprint density at radius 2 is 1.76 bits per heavy atom. The van der Waals surface area contributed by atoms with E-state index in [1.165, 1.54) is 0 Å². The number of morpholine rings is 1. The third kappa shape index (κ3) is 7.85.